The second-order valence-electron chi connectivity index (χ2n) is 3.65. The van der Waals surface area contributed by atoms with Gasteiger partial charge in [-0.25, -0.2) is 13.1 Å². The lowest BCUT2D eigenvalue weighted by molar-refractivity contribution is 0.409. The molecule has 0 aliphatic carbocycles. The van der Waals surface area contributed by atoms with Gasteiger partial charge in [0.25, 0.3) is 0 Å². The molecule has 0 spiro atoms. The van der Waals surface area contributed by atoms with Crippen molar-refractivity contribution in [3.63, 3.8) is 0 Å². The number of hydrogen-bond acceptors (Lipinski definition) is 6. The van der Waals surface area contributed by atoms with Gasteiger partial charge in [0.1, 0.15) is 0 Å². The predicted octanol–water partition coefficient (Wildman–Crippen LogP) is 0.614. The summed E-state index contributed by atoms with van der Waals surface area (Å²) in [5.41, 5.74) is 0.764. The highest BCUT2D eigenvalue weighted by Crippen LogP contribution is 2.11. The van der Waals surface area contributed by atoms with Gasteiger partial charge in [-0.15, -0.1) is 0 Å². The molecule has 0 saturated heterocycles. The molecule has 98 valence electrons. The Kier molecular flexibility index (Phi) is 3.89. The van der Waals surface area contributed by atoms with Crippen LogP contribution in [0.3, 0.4) is 0 Å². The Morgan fingerprint density at radius 3 is 2.63 bits per heavy atom. The van der Waals surface area contributed by atoms with Gasteiger partial charge < -0.3 is 4.52 Å². The van der Waals surface area contributed by atoms with Gasteiger partial charge in [-0.1, -0.05) is 17.3 Å². The van der Waals surface area contributed by atoms with Crippen molar-refractivity contribution in [1.82, 2.24) is 14.9 Å². The maximum Gasteiger partial charge on any atom is 0.240 e. The topological polar surface area (TPSA) is 109 Å². The number of hydrogen-bond donors (Lipinski definition) is 1. The molecule has 7 nitrogen and oxygen atoms in total. The molecule has 0 saturated carbocycles. The van der Waals surface area contributed by atoms with E-state index < -0.39 is 10.0 Å². The van der Waals surface area contributed by atoms with Crippen LogP contribution in [0.25, 0.3) is 0 Å². The van der Waals surface area contributed by atoms with Crippen LogP contribution in [0.2, 0.25) is 0 Å². The normalized spacial score (nSPS) is 11.1. The Morgan fingerprint density at radius 1 is 1.32 bits per heavy atom. The number of nitrogens with one attached hydrogen (secondary N) is 1. The maximum absolute atomic E-state index is 11.9. The monoisotopic (exact) mass is 278 g/mol. The molecule has 2 aromatic rings. The highest BCUT2D eigenvalue weighted by atomic mass is 32.2. The van der Waals surface area contributed by atoms with Gasteiger partial charge in [-0.3, -0.25) is 0 Å². The number of nitriles is 1. The van der Waals surface area contributed by atoms with E-state index in [-0.39, 0.29) is 23.7 Å². The van der Waals surface area contributed by atoms with Gasteiger partial charge in [0, 0.05) is 0 Å². The Labute approximate surface area is 109 Å². The summed E-state index contributed by atoms with van der Waals surface area (Å²) in [6, 6.07) is 8.10. The molecule has 0 amide bonds. The Balaban J connectivity index is 2.09. The van der Waals surface area contributed by atoms with Crippen molar-refractivity contribution in [2.75, 3.05) is 0 Å². The average molecular weight is 278 g/mol. The highest BCUT2D eigenvalue weighted by molar-refractivity contribution is 7.89. The first-order valence-electron chi connectivity index (χ1n) is 5.32. The zero-order chi connectivity index (χ0) is 13.7. The van der Waals surface area contributed by atoms with Gasteiger partial charge in [-0.05, 0) is 17.7 Å². The molecule has 0 aliphatic heterocycles. The van der Waals surface area contributed by atoms with E-state index in [1.807, 2.05) is 6.07 Å². The van der Waals surface area contributed by atoms with E-state index in [1.165, 1.54) is 12.1 Å². The number of aromatic nitrogens is 2. The fourth-order valence-electron chi connectivity index (χ4n) is 1.39. The van der Waals surface area contributed by atoms with Gasteiger partial charge >= 0.3 is 0 Å². The van der Waals surface area contributed by atoms with Crippen molar-refractivity contribution >= 4 is 10.0 Å². The fraction of sp³-hybridized carbons (Fsp3) is 0.182. The highest BCUT2D eigenvalue weighted by Gasteiger charge is 2.14. The lowest BCUT2D eigenvalue weighted by atomic mass is 10.2. The molecular weight excluding hydrogens is 268 g/mol. The summed E-state index contributed by atoms with van der Waals surface area (Å²) in [5, 5.41) is 12.0. The van der Waals surface area contributed by atoms with Crippen molar-refractivity contribution in [2.45, 2.75) is 17.9 Å². The first kappa shape index (κ1) is 13.2. The molecule has 19 heavy (non-hydrogen) atoms. The van der Waals surface area contributed by atoms with E-state index in [2.05, 4.69) is 19.4 Å². The molecule has 0 radical (unpaired) electrons. The van der Waals surface area contributed by atoms with Crippen LogP contribution in [-0.4, -0.2) is 18.6 Å². The summed E-state index contributed by atoms with van der Waals surface area (Å²) in [6.45, 7) is -0.0429. The summed E-state index contributed by atoms with van der Waals surface area (Å²) in [5.74, 6) is 0.254. The zero-order valence-corrected chi connectivity index (χ0v) is 10.6. The van der Waals surface area contributed by atoms with Crippen LogP contribution in [0.5, 0.6) is 0 Å². The van der Waals surface area contributed by atoms with E-state index in [0.29, 0.717) is 0 Å². The largest absolute Gasteiger partial charge is 0.343 e. The molecule has 0 aliphatic rings. The summed E-state index contributed by atoms with van der Waals surface area (Å²) < 4.78 is 30.7. The zero-order valence-electron chi connectivity index (χ0n) is 9.78. The molecule has 8 heteroatoms. The van der Waals surface area contributed by atoms with Crippen LogP contribution in [-0.2, 0) is 23.0 Å². The minimum Gasteiger partial charge on any atom is -0.343 e. The molecule has 0 fully saturated rings. The summed E-state index contributed by atoms with van der Waals surface area (Å²) >= 11 is 0. The lowest BCUT2D eigenvalue weighted by Crippen LogP contribution is -2.23. The third-order valence-corrected chi connectivity index (χ3v) is 3.76. The predicted molar refractivity (Wildman–Crippen MR) is 64.1 cm³/mol. The van der Waals surface area contributed by atoms with E-state index >= 15 is 0 Å². The molecule has 1 N–H and O–H groups in total. The number of nitrogens with zero attached hydrogens (tertiary/aromatic N) is 3. The maximum atomic E-state index is 11.9. The number of rotatable bonds is 5. The summed E-state index contributed by atoms with van der Waals surface area (Å²) in [4.78, 5) is 3.83. The third kappa shape index (κ3) is 3.37. The summed E-state index contributed by atoms with van der Waals surface area (Å²) in [7, 11) is -3.62. The van der Waals surface area contributed by atoms with Gasteiger partial charge in [0.15, 0.2) is 5.82 Å². The lowest BCUT2D eigenvalue weighted by Gasteiger charge is -2.05. The fourth-order valence-corrected chi connectivity index (χ4v) is 2.37. The minimum absolute atomic E-state index is 0.0429. The summed E-state index contributed by atoms with van der Waals surface area (Å²) in [6.07, 6.45) is 1.37. The van der Waals surface area contributed by atoms with Crippen LogP contribution in [0, 0.1) is 11.3 Å². The molecule has 0 unspecified atom stereocenters. The van der Waals surface area contributed by atoms with Crippen molar-refractivity contribution < 1.29 is 12.9 Å². The quantitative estimate of drug-likeness (QED) is 0.858. The molecule has 1 aromatic heterocycles. The van der Waals surface area contributed by atoms with Crippen molar-refractivity contribution in [3.05, 3.63) is 42.0 Å². The smallest absolute Gasteiger partial charge is 0.240 e. The van der Waals surface area contributed by atoms with E-state index in [9.17, 15) is 8.42 Å². The minimum atomic E-state index is -3.62. The van der Waals surface area contributed by atoms with Crippen molar-refractivity contribution in [3.8, 4) is 6.07 Å². The SMILES string of the molecule is N#CCc1ccc(S(=O)(=O)NCc2ncon2)cc1. The van der Waals surface area contributed by atoms with Crippen LogP contribution in [0.15, 0.2) is 40.1 Å². The first-order chi connectivity index (χ1) is 9.12. The van der Waals surface area contributed by atoms with Gasteiger partial charge in [0.05, 0.1) is 23.9 Å². The first-order valence-corrected chi connectivity index (χ1v) is 6.81. The van der Waals surface area contributed by atoms with Crippen LogP contribution in [0.4, 0.5) is 0 Å². The number of sulfonamides is 1. The van der Waals surface area contributed by atoms with Crippen LogP contribution in [0.1, 0.15) is 11.4 Å². The molecule has 1 heterocycles. The molecule has 0 bridgehead atoms. The second kappa shape index (κ2) is 5.60. The van der Waals surface area contributed by atoms with E-state index in [1.54, 1.807) is 12.1 Å². The van der Waals surface area contributed by atoms with Crippen molar-refractivity contribution in [2.24, 2.45) is 0 Å². The Hall–Kier alpha value is -2.24. The Morgan fingerprint density at radius 2 is 2.05 bits per heavy atom. The molecule has 2 rings (SSSR count). The Bertz CT molecular complexity index is 672. The number of benzene rings is 1. The standard InChI is InChI=1S/C11H10N4O3S/c12-6-5-9-1-3-10(4-2-9)19(16,17)14-7-11-13-8-18-15-11/h1-4,8,14H,5,7H2. The van der Waals surface area contributed by atoms with Crippen LogP contribution < -0.4 is 4.72 Å². The van der Waals surface area contributed by atoms with E-state index in [0.717, 1.165) is 12.0 Å². The van der Waals surface area contributed by atoms with Crippen molar-refractivity contribution in [1.29, 1.82) is 5.26 Å². The van der Waals surface area contributed by atoms with Gasteiger partial charge in [0.2, 0.25) is 16.4 Å². The van der Waals surface area contributed by atoms with E-state index in [4.69, 9.17) is 5.26 Å². The second-order valence-corrected chi connectivity index (χ2v) is 5.42. The van der Waals surface area contributed by atoms with Crippen LogP contribution >= 0.6 is 0 Å². The molecular formula is C11H10N4O3S. The third-order valence-electron chi connectivity index (χ3n) is 2.34. The average Bonchev–Trinajstić information content (AvgIpc) is 2.91. The molecule has 1 aromatic carbocycles. The molecule has 0 atom stereocenters. The van der Waals surface area contributed by atoms with Gasteiger partial charge in [-0.2, -0.15) is 10.2 Å².